The van der Waals surface area contributed by atoms with Gasteiger partial charge in [0.25, 0.3) is 0 Å². The number of hydrogen-bond donors (Lipinski definition) is 2. The van der Waals surface area contributed by atoms with E-state index in [9.17, 15) is 0 Å². The van der Waals surface area contributed by atoms with Crippen LogP contribution in [-0.4, -0.2) is 24.4 Å². The highest BCUT2D eigenvalue weighted by atomic mass is 79.9. The van der Waals surface area contributed by atoms with Gasteiger partial charge in [-0.05, 0) is 18.2 Å². The summed E-state index contributed by atoms with van der Waals surface area (Å²) in [7, 11) is 0. The number of fused-ring (bicyclic) bond motifs is 1. The van der Waals surface area contributed by atoms with Crippen LogP contribution in [0.1, 0.15) is 0 Å². The molecule has 0 radical (unpaired) electrons. The molecule has 3 nitrogen and oxygen atoms in total. The highest BCUT2D eigenvalue weighted by Crippen LogP contribution is 2.31. The number of hydrogen-bond acceptors (Lipinski definition) is 3. The van der Waals surface area contributed by atoms with Crippen LogP contribution in [-0.2, 0) is 0 Å². The molecular formula is C9H10BrNO2. The second kappa shape index (κ2) is 3.55. The van der Waals surface area contributed by atoms with E-state index in [0.717, 1.165) is 15.9 Å². The first-order valence-corrected chi connectivity index (χ1v) is 4.88. The summed E-state index contributed by atoms with van der Waals surface area (Å²) in [5.41, 5.74) is 0.938. The van der Waals surface area contributed by atoms with Crippen LogP contribution < -0.4 is 10.1 Å². The maximum atomic E-state index is 8.92. The summed E-state index contributed by atoms with van der Waals surface area (Å²) in [6, 6.07) is 5.79. The topological polar surface area (TPSA) is 41.5 Å². The number of anilines is 1. The largest absolute Gasteiger partial charge is 0.489 e. The predicted octanol–water partition coefficient (Wildman–Crippen LogP) is 1.61. The maximum Gasteiger partial charge on any atom is 0.143 e. The Kier molecular flexibility index (Phi) is 2.42. The van der Waals surface area contributed by atoms with Crippen molar-refractivity contribution in [3.05, 3.63) is 22.7 Å². The van der Waals surface area contributed by atoms with E-state index in [2.05, 4.69) is 21.2 Å². The van der Waals surface area contributed by atoms with Gasteiger partial charge >= 0.3 is 0 Å². The Balaban J connectivity index is 2.26. The summed E-state index contributed by atoms with van der Waals surface area (Å²) in [6.45, 7) is 0.607. The molecule has 4 heteroatoms. The lowest BCUT2D eigenvalue weighted by molar-refractivity contribution is 0.207. The first-order valence-electron chi connectivity index (χ1n) is 4.09. The lowest BCUT2D eigenvalue weighted by Gasteiger charge is -2.26. The van der Waals surface area contributed by atoms with E-state index < -0.39 is 0 Å². The number of benzene rings is 1. The van der Waals surface area contributed by atoms with Crippen molar-refractivity contribution in [2.24, 2.45) is 0 Å². The van der Waals surface area contributed by atoms with Crippen molar-refractivity contribution in [1.29, 1.82) is 0 Å². The zero-order valence-corrected chi connectivity index (χ0v) is 8.54. The summed E-state index contributed by atoms with van der Waals surface area (Å²) in [4.78, 5) is 0. The maximum absolute atomic E-state index is 8.92. The van der Waals surface area contributed by atoms with E-state index in [1.54, 1.807) is 0 Å². The second-order valence-corrected chi connectivity index (χ2v) is 3.89. The molecule has 1 unspecified atom stereocenters. The van der Waals surface area contributed by atoms with Crippen molar-refractivity contribution in [3.63, 3.8) is 0 Å². The fourth-order valence-electron chi connectivity index (χ4n) is 1.29. The number of halogens is 1. The molecule has 1 heterocycles. The van der Waals surface area contributed by atoms with Gasteiger partial charge in [-0.2, -0.15) is 0 Å². The van der Waals surface area contributed by atoms with Gasteiger partial charge in [-0.25, -0.2) is 0 Å². The zero-order chi connectivity index (χ0) is 9.26. The third-order valence-electron chi connectivity index (χ3n) is 1.96. The first-order chi connectivity index (χ1) is 6.29. The second-order valence-electron chi connectivity index (χ2n) is 2.98. The van der Waals surface area contributed by atoms with Crippen molar-refractivity contribution < 1.29 is 9.84 Å². The standard InChI is InChI=1S/C9H10BrNO2/c10-6-1-2-8-9(3-6)13-5-7(4-12)11-8/h1-3,7,11-12H,4-5H2. The van der Waals surface area contributed by atoms with Crippen LogP contribution in [0.4, 0.5) is 5.69 Å². The molecule has 0 amide bonds. The Bertz CT molecular complexity index is 316. The monoisotopic (exact) mass is 243 g/mol. The molecule has 1 aromatic carbocycles. The van der Waals surface area contributed by atoms with E-state index >= 15 is 0 Å². The Morgan fingerprint density at radius 3 is 3.23 bits per heavy atom. The Hall–Kier alpha value is -0.740. The van der Waals surface area contributed by atoms with Gasteiger partial charge in [-0.3, -0.25) is 0 Å². The SMILES string of the molecule is OCC1COc2cc(Br)ccc2N1. The molecular weight excluding hydrogens is 234 g/mol. The predicted molar refractivity (Wildman–Crippen MR) is 54.1 cm³/mol. The van der Waals surface area contributed by atoms with E-state index in [4.69, 9.17) is 9.84 Å². The van der Waals surface area contributed by atoms with Crippen molar-refractivity contribution in [1.82, 2.24) is 0 Å². The van der Waals surface area contributed by atoms with Gasteiger partial charge < -0.3 is 15.2 Å². The van der Waals surface area contributed by atoms with Crippen LogP contribution in [0, 0.1) is 0 Å². The van der Waals surface area contributed by atoms with E-state index in [1.807, 2.05) is 18.2 Å². The molecule has 0 fully saturated rings. The van der Waals surface area contributed by atoms with Crippen LogP contribution in [0.3, 0.4) is 0 Å². The number of aliphatic hydroxyl groups is 1. The van der Waals surface area contributed by atoms with Crippen molar-refractivity contribution in [3.8, 4) is 5.75 Å². The Labute approximate surface area is 84.8 Å². The minimum absolute atomic E-state index is 0.00803. The van der Waals surface area contributed by atoms with Gasteiger partial charge in [0.1, 0.15) is 12.4 Å². The molecule has 1 aliphatic heterocycles. The molecule has 2 rings (SSSR count). The molecule has 1 aromatic rings. The van der Waals surface area contributed by atoms with Gasteiger partial charge in [-0.1, -0.05) is 15.9 Å². The Morgan fingerprint density at radius 1 is 1.62 bits per heavy atom. The summed E-state index contributed by atoms with van der Waals surface area (Å²) in [5.74, 6) is 0.832. The number of aliphatic hydroxyl groups excluding tert-OH is 1. The number of rotatable bonds is 1. The molecule has 0 spiro atoms. The fourth-order valence-corrected chi connectivity index (χ4v) is 1.63. The van der Waals surface area contributed by atoms with E-state index in [1.165, 1.54) is 0 Å². The average molecular weight is 244 g/mol. The fraction of sp³-hybridized carbons (Fsp3) is 0.333. The lowest BCUT2D eigenvalue weighted by atomic mass is 10.2. The van der Waals surface area contributed by atoms with Crippen molar-refractivity contribution in [2.75, 3.05) is 18.5 Å². The summed E-state index contributed by atoms with van der Waals surface area (Å²) < 4.78 is 6.45. The Morgan fingerprint density at radius 2 is 2.46 bits per heavy atom. The highest BCUT2D eigenvalue weighted by molar-refractivity contribution is 9.10. The number of nitrogens with one attached hydrogen (secondary N) is 1. The van der Waals surface area contributed by atoms with Crippen LogP contribution in [0.15, 0.2) is 22.7 Å². The molecule has 2 N–H and O–H groups in total. The molecule has 1 atom stereocenters. The summed E-state index contributed by atoms with van der Waals surface area (Å²) in [5, 5.41) is 12.1. The quantitative estimate of drug-likeness (QED) is 0.788. The molecule has 0 saturated carbocycles. The van der Waals surface area contributed by atoms with Gasteiger partial charge in [0.15, 0.2) is 0 Å². The summed E-state index contributed by atoms with van der Waals surface area (Å²) >= 11 is 3.37. The summed E-state index contributed by atoms with van der Waals surface area (Å²) in [6.07, 6.45) is 0. The van der Waals surface area contributed by atoms with Crippen molar-refractivity contribution >= 4 is 21.6 Å². The van der Waals surface area contributed by atoms with Crippen LogP contribution >= 0.6 is 15.9 Å². The molecule has 70 valence electrons. The minimum Gasteiger partial charge on any atom is -0.489 e. The third-order valence-corrected chi connectivity index (χ3v) is 2.46. The first kappa shape index (κ1) is 8.84. The van der Waals surface area contributed by atoms with Gasteiger partial charge in [-0.15, -0.1) is 0 Å². The molecule has 1 aliphatic rings. The molecule has 0 aliphatic carbocycles. The molecule has 0 bridgehead atoms. The van der Waals surface area contributed by atoms with Gasteiger partial charge in [0, 0.05) is 4.47 Å². The lowest BCUT2D eigenvalue weighted by Crippen LogP contribution is -2.34. The van der Waals surface area contributed by atoms with E-state index in [-0.39, 0.29) is 12.6 Å². The molecule has 0 aromatic heterocycles. The minimum atomic E-state index is 0.00803. The third kappa shape index (κ3) is 1.78. The highest BCUT2D eigenvalue weighted by Gasteiger charge is 2.17. The molecule has 13 heavy (non-hydrogen) atoms. The van der Waals surface area contributed by atoms with Gasteiger partial charge in [0.2, 0.25) is 0 Å². The van der Waals surface area contributed by atoms with Crippen molar-refractivity contribution in [2.45, 2.75) is 6.04 Å². The van der Waals surface area contributed by atoms with Crippen LogP contribution in [0.2, 0.25) is 0 Å². The zero-order valence-electron chi connectivity index (χ0n) is 6.96. The van der Waals surface area contributed by atoms with E-state index in [0.29, 0.717) is 6.61 Å². The van der Waals surface area contributed by atoms with Crippen LogP contribution in [0.25, 0.3) is 0 Å². The van der Waals surface area contributed by atoms with Gasteiger partial charge in [0.05, 0.1) is 18.3 Å². The average Bonchev–Trinajstić information content (AvgIpc) is 2.17. The molecule has 0 saturated heterocycles. The van der Waals surface area contributed by atoms with Crippen LogP contribution in [0.5, 0.6) is 5.75 Å². The number of ether oxygens (including phenoxy) is 1. The smallest absolute Gasteiger partial charge is 0.143 e. The normalized spacial score (nSPS) is 20.0.